The zero-order valence-electron chi connectivity index (χ0n) is 13.6. The molecule has 2 rings (SSSR count). The molecule has 0 fully saturated rings. The Bertz CT molecular complexity index is 831. The second-order valence-electron chi connectivity index (χ2n) is 6.60. The SMILES string of the molecule is Cn1c(=O)ccc2c(NC(=O)C(C(=O)O)C(C)(C)C)cccc21. The minimum atomic E-state index is -1.18. The van der Waals surface area contributed by atoms with Gasteiger partial charge >= 0.3 is 5.97 Å². The minimum Gasteiger partial charge on any atom is -0.481 e. The molecular formula is C17H20N2O4. The third-order valence-electron chi connectivity index (χ3n) is 3.80. The molecule has 2 aromatic rings. The number of benzene rings is 1. The summed E-state index contributed by atoms with van der Waals surface area (Å²) in [4.78, 5) is 35.6. The standard InChI is InChI=1S/C17H20N2O4/c1-17(2,3)14(16(22)23)15(21)18-11-6-5-7-12-10(11)8-9-13(20)19(12)4/h5-9,14H,1-4H3,(H,18,21)(H,22,23). The molecule has 1 atom stereocenters. The summed E-state index contributed by atoms with van der Waals surface area (Å²) < 4.78 is 1.48. The highest BCUT2D eigenvalue weighted by atomic mass is 16.4. The number of aromatic nitrogens is 1. The fraction of sp³-hybridized carbons (Fsp3) is 0.353. The van der Waals surface area contributed by atoms with Crippen LogP contribution in [0, 0.1) is 11.3 Å². The zero-order valence-corrected chi connectivity index (χ0v) is 13.6. The third kappa shape index (κ3) is 3.26. The van der Waals surface area contributed by atoms with Crippen molar-refractivity contribution < 1.29 is 14.7 Å². The van der Waals surface area contributed by atoms with E-state index in [1.54, 1.807) is 52.1 Å². The molecule has 0 saturated carbocycles. The molecule has 1 aromatic carbocycles. The topological polar surface area (TPSA) is 88.4 Å². The number of nitrogens with zero attached hydrogens (tertiary/aromatic N) is 1. The predicted octanol–water partition coefficient (Wildman–Crippen LogP) is 2.22. The van der Waals surface area contributed by atoms with Gasteiger partial charge in [-0.15, -0.1) is 0 Å². The van der Waals surface area contributed by atoms with E-state index in [1.807, 2.05) is 0 Å². The van der Waals surface area contributed by atoms with Crippen LogP contribution in [0.1, 0.15) is 20.8 Å². The lowest BCUT2D eigenvalue weighted by Crippen LogP contribution is -2.39. The highest BCUT2D eigenvalue weighted by molar-refractivity contribution is 6.08. The first kappa shape index (κ1) is 16.7. The average Bonchev–Trinajstić information content (AvgIpc) is 2.41. The summed E-state index contributed by atoms with van der Waals surface area (Å²) in [6, 6.07) is 8.21. The maximum absolute atomic E-state index is 12.4. The van der Waals surface area contributed by atoms with Gasteiger partial charge in [-0.2, -0.15) is 0 Å². The smallest absolute Gasteiger partial charge is 0.316 e. The molecule has 0 aliphatic carbocycles. The highest BCUT2D eigenvalue weighted by Crippen LogP contribution is 2.29. The lowest BCUT2D eigenvalue weighted by Gasteiger charge is -2.26. The molecule has 0 radical (unpaired) electrons. The molecule has 23 heavy (non-hydrogen) atoms. The van der Waals surface area contributed by atoms with Crippen LogP contribution in [0.3, 0.4) is 0 Å². The molecule has 2 N–H and O–H groups in total. The fourth-order valence-electron chi connectivity index (χ4n) is 2.60. The Morgan fingerprint density at radius 2 is 1.83 bits per heavy atom. The average molecular weight is 316 g/mol. The first-order valence-corrected chi connectivity index (χ1v) is 7.25. The molecule has 0 aliphatic heterocycles. The third-order valence-corrected chi connectivity index (χ3v) is 3.80. The molecule has 0 aliphatic rings. The van der Waals surface area contributed by atoms with Gasteiger partial charge in [0.05, 0.1) is 11.2 Å². The van der Waals surface area contributed by atoms with Crippen molar-refractivity contribution in [3.63, 3.8) is 0 Å². The van der Waals surface area contributed by atoms with Gasteiger partial charge in [0.15, 0.2) is 0 Å². The molecule has 6 nitrogen and oxygen atoms in total. The molecule has 0 saturated heterocycles. The van der Waals surface area contributed by atoms with Crippen LogP contribution >= 0.6 is 0 Å². The molecular weight excluding hydrogens is 296 g/mol. The maximum Gasteiger partial charge on any atom is 0.316 e. The van der Waals surface area contributed by atoms with Crippen molar-refractivity contribution in [1.29, 1.82) is 0 Å². The minimum absolute atomic E-state index is 0.154. The second kappa shape index (κ2) is 5.87. The van der Waals surface area contributed by atoms with E-state index in [0.717, 1.165) is 0 Å². The molecule has 122 valence electrons. The highest BCUT2D eigenvalue weighted by Gasteiger charge is 2.37. The van der Waals surface area contributed by atoms with E-state index in [-0.39, 0.29) is 5.56 Å². The summed E-state index contributed by atoms with van der Waals surface area (Å²) in [5.74, 6) is -2.92. The predicted molar refractivity (Wildman–Crippen MR) is 88.4 cm³/mol. The van der Waals surface area contributed by atoms with E-state index in [4.69, 9.17) is 0 Å². The fourth-order valence-corrected chi connectivity index (χ4v) is 2.60. The van der Waals surface area contributed by atoms with Crippen molar-refractivity contribution in [1.82, 2.24) is 4.57 Å². The molecule has 0 spiro atoms. The molecule has 1 heterocycles. The number of carboxylic acids is 1. The van der Waals surface area contributed by atoms with Gasteiger partial charge < -0.3 is 15.0 Å². The van der Waals surface area contributed by atoms with Crippen LogP contribution in [-0.2, 0) is 16.6 Å². The summed E-state index contributed by atoms with van der Waals surface area (Å²) in [6.45, 7) is 5.12. The van der Waals surface area contributed by atoms with Crippen molar-refractivity contribution in [2.24, 2.45) is 18.4 Å². The molecule has 1 unspecified atom stereocenters. The van der Waals surface area contributed by atoms with E-state index in [2.05, 4.69) is 5.32 Å². The van der Waals surface area contributed by atoms with Crippen LogP contribution in [0.15, 0.2) is 35.1 Å². The van der Waals surface area contributed by atoms with Gasteiger partial charge in [-0.05, 0) is 23.6 Å². The lowest BCUT2D eigenvalue weighted by atomic mass is 9.80. The summed E-state index contributed by atoms with van der Waals surface area (Å²) in [5.41, 5.74) is 0.281. The Morgan fingerprint density at radius 3 is 2.39 bits per heavy atom. The number of aliphatic carboxylic acids is 1. The number of carbonyl (C=O) groups excluding carboxylic acids is 1. The van der Waals surface area contributed by atoms with E-state index in [0.29, 0.717) is 16.6 Å². The van der Waals surface area contributed by atoms with Gasteiger partial charge in [-0.1, -0.05) is 26.8 Å². The van der Waals surface area contributed by atoms with Crippen molar-refractivity contribution in [3.05, 3.63) is 40.7 Å². The molecule has 1 aromatic heterocycles. The van der Waals surface area contributed by atoms with E-state index < -0.39 is 23.2 Å². The Kier molecular flexibility index (Phi) is 4.27. The van der Waals surface area contributed by atoms with Crippen LogP contribution in [-0.4, -0.2) is 21.6 Å². The van der Waals surface area contributed by atoms with Crippen LogP contribution in [0.5, 0.6) is 0 Å². The van der Waals surface area contributed by atoms with Gasteiger partial charge in [0.25, 0.3) is 5.56 Å². The van der Waals surface area contributed by atoms with Crippen LogP contribution in [0.2, 0.25) is 0 Å². The molecule has 1 amide bonds. The second-order valence-corrected chi connectivity index (χ2v) is 6.60. The Balaban J connectivity index is 2.46. The number of anilines is 1. The number of carbonyl (C=O) groups is 2. The molecule has 6 heteroatoms. The monoisotopic (exact) mass is 316 g/mol. The first-order valence-electron chi connectivity index (χ1n) is 7.25. The maximum atomic E-state index is 12.4. The van der Waals surface area contributed by atoms with Gasteiger partial charge in [-0.25, -0.2) is 0 Å². The number of amides is 1. The number of aryl methyl sites for hydroxylation is 1. The Hall–Kier alpha value is -2.63. The number of nitrogens with one attached hydrogen (secondary N) is 1. The quantitative estimate of drug-likeness (QED) is 0.850. The Morgan fingerprint density at radius 1 is 1.17 bits per heavy atom. The van der Waals surface area contributed by atoms with Gasteiger partial charge in [0, 0.05) is 18.5 Å². The van der Waals surface area contributed by atoms with E-state index >= 15 is 0 Å². The summed E-state index contributed by atoms with van der Waals surface area (Å²) in [6.07, 6.45) is 0. The van der Waals surface area contributed by atoms with Crippen molar-refractivity contribution >= 4 is 28.5 Å². The number of pyridine rings is 1. The van der Waals surface area contributed by atoms with Crippen LogP contribution in [0.25, 0.3) is 10.9 Å². The Labute approximate surface area is 133 Å². The van der Waals surface area contributed by atoms with Crippen molar-refractivity contribution in [3.8, 4) is 0 Å². The summed E-state index contributed by atoms with van der Waals surface area (Å²) in [5, 5.41) is 12.7. The number of fused-ring (bicyclic) bond motifs is 1. The van der Waals surface area contributed by atoms with Crippen molar-refractivity contribution in [2.75, 3.05) is 5.32 Å². The van der Waals surface area contributed by atoms with Gasteiger partial charge in [-0.3, -0.25) is 14.4 Å². The number of hydrogen-bond donors (Lipinski definition) is 2. The summed E-state index contributed by atoms with van der Waals surface area (Å²) >= 11 is 0. The zero-order chi connectivity index (χ0) is 17.4. The summed E-state index contributed by atoms with van der Waals surface area (Å²) in [7, 11) is 1.64. The number of rotatable bonds is 3. The molecule has 0 bridgehead atoms. The van der Waals surface area contributed by atoms with E-state index in [9.17, 15) is 19.5 Å². The number of carboxylic acid groups (broad SMARTS) is 1. The normalized spacial score (nSPS) is 12.9. The van der Waals surface area contributed by atoms with Crippen LogP contribution < -0.4 is 10.9 Å². The van der Waals surface area contributed by atoms with Crippen LogP contribution in [0.4, 0.5) is 5.69 Å². The van der Waals surface area contributed by atoms with Crippen molar-refractivity contribution in [2.45, 2.75) is 20.8 Å². The van der Waals surface area contributed by atoms with Gasteiger partial charge in [0.1, 0.15) is 5.92 Å². The van der Waals surface area contributed by atoms with E-state index in [1.165, 1.54) is 10.6 Å². The first-order chi connectivity index (χ1) is 10.6. The largest absolute Gasteiger partial charge is 0.481 e. The van der Waals surface area contributed by atoms with Gasteiger partial charge in [0.2, 0.25) is 5.91 Å². The lowest BCUT2D eigenvalue weighted by molar-refractivity contribution is -0.149. The number of hydrogen-bond acceptors (Lipinski definition) is 3.